The molecule has 3 rings (SSSR count). The lowest BCUT2D eigenvalue weighted by atomic mass is 9.88. The molecular weight excluding hydrogens is 373 g/mol. The molecule has 0 aliphatic carbocycles. The number of nitrogens with zero attached hydrogens (tertiary/aromatic N) is 1. The number of carbonyl (C=O) groups excluding carboxylic acids is 1. The number of phenolic OH excluding ortho intramolecular Hbond substituents is 2. The van der Waals surface area contributed by atoms with Crippen LogP contribution in [0, 0.1) is 0 Å². The summed E-state index contributed by atoms with van der Waals surface area (Å²) in [6, 6.07) is 7.73. The number of alkyl halides is 3. The summed E-state index contributed by atoms with van der Waals surface area (Å²) in [5, 5.41) is 19.4. The van der Waals surface area contributed by atoms with Gasteiger partial charge < -0.3 is 20.8 Å². The average Bonchev–Trinajstić information content (AvgIpc) is 2.66. The van der Waals surface area contributed by atoms with Gasteiger partial charge in [0.1, 0.15) is 17.5 Å². The first-order valence-electron chi connectivity index (χ1n) is 8.90. The zero-order chi connectivity index (χ0) is 20.5. The molecule has 0 radical (unpaired) electrons. The molecule has 5 nitrogen and oxygen atoms in total. The van der Waals surface area contributed by atoms with Crippen LogP contribution < -0.4 is 5.73 Å². The lowest BCUT2D eigenvalue weighted by Crippen LogP contribution is -2.42. The molecule has 0 saturated carbocycles. The van der Waals surface area contributed by atoms with Crippen LogP contribution in [0.15, 0.2) is 42.5 Å². The Kier molecular flexibility index (Phi) is 5.51. The van der Waals surface area contributed by atoms with Crippen molar-refractivity contribution in [2.45, 2.75) is 31.0 Å². The van der Waals surface area contributed by atoms with Crippen molar-refractivity contribution in [3.8, 4) is 11.5 Å². The lowest BCUT2D eigenvalue weighted by molar-refractivity contribution is -0.137. The molecule has 0 bridgehead atoms. The number of hydrogen-bond acceptors (Lipinski definition) is 4. The average molecular weight is 394 g/mol. The second-order valence-corrected chi connectivity index (χ2v) is 6.94. The topological polar surface area (TPSA) is 86.8 Å². The Hall–Kier alpha value is -2.74. The summed E-state index contributed by atoms with van der Waals surface area (Å²) in [5.41, 5.74) is 6.24. The second-order valence-electron chi connectivity index (χ2n) is 6.94. The Bertz CT molecular complexity index is 845. The minimum absolute atomic E-state index is 0.0172. The number of likely N-dealkylation sites (tertiary alicyclic amines) is 1. The van der Waals surface area contributed by atoms with Crippen molar-refractivity contribution in [1.82, 2.24) is 4.90 Å². The second kappa shape index (κ2) is 7.71. The Morgan fingerprint density at radius 1 is 1.07 bits per heavy atom. The quantitative estimate of drug-likeness (QED) is 0.743. The number of halogens is 3. The van der Waals surface area contributed by atoms with Crippen LogP contribution in [0.4, 0.5) is 13.2 Å². The summed E-state index contributed by atoms with van der Waals surface area (Å²) in [7, 11) is 0. The standard InChI is InChI=1S/C20H21F3N2O3/c21-20(22,23)14-3-1-13(2-4-14)18(24)19(28)25-9-7-12(8-10-25)16-6-5-15(26)11-17(16)27/h1-6,11-12,18,26-27H,7-10,24H2/t18-/m1/s1. The number of piperidine rings is 1. The van der Waals surface area contributed by atoms with Crippen molar-refractivity contribution in [2.24, 2.45) is 5.73 Å². The summed E-state index contributed by atoms with van der Waals surface area (Å²) in [6.45, 7) is 0.857. The van der Waals surface area contributed by atoms with Crippen LogP contribution in [-0.4, -0.2) is 34.1 Å². The van der Waals surface area contributed by atoms with E-state index in [2.05, 4.69) is 0 Å². The summed E-state index contributed by atoms with van der Waals surface area (Å²) >= 11 is 0. The molecule has 1 fully saturated rings. The van der Waals surface area contributed by atoms with Crippen LogP contribution in [-0.2, 0) is 11.0 Å². The van der Waals surface area contributed by atoms with Crippen molar-refractivity contribution in [3.05, 3.63) is 59.2 Å². The SMILES string of the molecule is N[C@@H](C(=O)N1CCC(c2ccc(O)cc2O)CC1)c1ccc(C(F)(F)F)cc1. The lowest BCUT2D eigenvalue weighted by Gasteiger charge is -2.34. The molecule has 2 aromatic carbocycles. The molecule has 1 aliphatic rings. The van der Waals surface area contributed by atoms with Crippen LogP contribution in [0.2, 0.25) is 0 Å². The van der Waals surface area contributed by atoms with Gasteiger partial charge in [0.25, 0.3) is 0 Å². The van der Waals surface area contributed by atoms with E-state index in [0.29, 0.717) is 31.5 Å². The van der Waals surface area contributed by atoms with Gasteiger partial charge in [-0.3, -0.25) is 4.79 Å². The summed E-state index contributed by atoms with van der Waals surface area (Å²) in [4.78, 5) is 14.2. The summed E-state index contributed by atoms with van der Waals surface area (Å²) in [6.07, 6.45) is -3.21. The van der Waals surface area contributed by atoms with E-state index >= 15 is 0 Å². The van der Waals surface area contributed by atoms with E-state index in [9.17, 15) is 28.2 Å². The molecule has 0 unspecified atom stereocenters. The first kappa shape index (κ1) is 20.0. The molecule has 8 heteroatoms. The number of hydrogen-bond donors (Lipinski definition) is 3. The highest BCUT2D eigenvalue weighted by atomic mass is 19.4. The van der Waals surface area contributed by atoms with Crippen molar-refractivity contribution < 1.29 is 28.2 Å². The fourth-order valence-electron chi connectivity index (χ4n) is 3.51. The van der Waals surface area contributed by atoms with Gasteiger partial charge in [-0.05, 0) is 48.1 Å². The number of benzene rings is 2. The predicted octanol–water partition coefficient (Wildman–Crippen LogP) is 3.52. The molecule has 2 aromatic rings. The van der Waals surface area contributed by atoms with Crippen molar-refractivity contribution in [1.29, 1.82) is 0 Å². The smallest absolute Gasteiger partial charge is 0.416 e. The maximum atomic E-state index is 12.7. The van der Waals surface area contributed by atoms with Gasteiger partial charge in [-0.25, -0.2) is 0 Å². The predicted molar refractivity (Wildman–Crippen MR) is 96.7 cm³/mol. The van der Waals surface area contributed by atoms with Gasteiger partial charge in [-0.15, -0.1) is 0 Å². The Morgan fingerprint density at radius 3 is 2.21 bits per heavy atom. The first-order chi connectivity index (χ1) is 13.2. The molecule has 1 atom stereocenters. The number of nitrogens with two attached hydrogens (primary N) is 1. The van der Waals surface area contributed by atoms with E-state index in [0.717, 1.165) is 17.7 Å². The highest BCUT2D eigenvalue weighted by Gasteiger charge is 2.32. The van der Waals surface area contributed by atoms with Gasteiger partial charge in [-0.2, -0.15) is 13.2 Å². The van der Waals surface area contributed by atoms with Crippen molar-refractivity contribution >= 4 is 5.91 Å². The van der Waals surface area contributed by atoms with Crippen LogP contribution in [0.1, 0.15) is 41.5 Å². The van der Waals surface area contributed by atoms with E-state index in [-0.39, 0.29) is 23.3 Å². The fourth-order valence-corrected chi connectivity index (χ4v) is 3.51. The Labute approximate surface area is 160 Å². The van der Waals surface area contributed by atoms with Gasteiger partial charge in [0.15, 0.2) is 0 Å². The van der Waals surface area contributed by atoms with Crippen LogP contribution in [0.5, 0.6) is 11.5 Å². The van der Waals surface area contributed by atoms with E-state index in [4.69, 9.17) is 5.73 Å². The highest BCUT2D eigenvalue weighted by molar-refractivity contribution is 5.83. The zero-order valence-electron chi connectivity index (χ0n) is 15.0. The first-order valence-corrected chi connectivity index (χ1v) is 8.90. The number of carbonyl (C=O) groups is 1. The normalized spacial score (nSPS) is 16.8. The van der Waals surface area contributed by atoms with E-state index in [1.54, 1.807) is 11.0 Å². The molecule has 28 heavy (non-hydrogen) atoms. The summed E-state index contributed by atoms with van der Waals surface area (Å²) < 4.78 is 38.0. The van der Waals surface area contributed by atoms with Crippen molar-refractivity contribution in [3.63, 3.8) is 0 Å². The Morgan fingerprint density at radius 2 is 1.68 bits per heavy atom. The van der Waals surface area contributed by atoms with E-state index < -0.39 is 17.8 Å². The van der Waals surface area contributed by atoms with Gasteiger partial charge in [0, 0.05) is 19.2 Å². The third-order valence-electron chi connectivity index (χ3n) is 5.12. The molecule has 4 N–H and O–H groups in total. The third kappa shape index (κ3) is 4.22. The molecule has 150 valence electrons. The highest BCUT2D eigenvalue weighted by Crippen LogP contribution is 2.36. The monoisotopic (exact) mass is 394 g/mol. The van der Waals surface area contributed by atoms with Crippen LogP contribution in [0.25, 0.3) is 0 Å². The summed E-state index contributed by atoms with van der Waals surface area (Å²) in [5.74, 6) is -0.289. The molecule has 0 spiro atoms. The molecule has 1 amide bonds. The zero-order valence-corrected chi connectivity index (χ0v) is 15.0. The van der Waals surface area contributed by atoms with E-state index in [1.165, 1.54) is 24.3 Å². The van der Waals surface area contributed by atoms with Gasteiger partial charge in [-0.1, -0.05) is 18.2 Å². The third-order valence-corrected chi connectivity index (χ3v) is 5.12. The molecule has 1 aliphatic heterocycles. The number of phenols is 2. The van der Waals surface area contributed by atoms with E-state index in [1.807, 2.05) is 0 Å². The molecular formula is C20H21F3N2O3. The van der Waals surface area contributed by atoms with Crippen molar-refractivity contribution in [2.75, 3.05) is 13.1 Å². The maximum Gasteiger partial charge on any atom is 0.416 e. The number of rotatable bonds is 3. The molecule has 1 saturated heterocycles. The minimum Gasteiger partial charge on any atom is -0.508 e. The van der Waals surface area contributed by atoms with Gasteiger partial charge >= 0.3 is 6.18 Å². The number of aromatic hydroxyl groups is 2. The van der Waals surface area contributed by atoms with Gasteiger partial charge in [0.05, 0.1) is 5.56 Å². The Balaban J connectivity index is 1.63. The van der Waals surface area contributed by atoms with Crippen LogP contribution in [0.3, 0.4) is 0 Å². The molecule has 0 aromatic heterocycles. The van der Waals surface area contributed by atoms with Gasteiger partial charge in [0.2, 0.25) is 5.91 Å². The molecule has 1 heterocycles. The largest absolute Gasteiger partial charge is 0.508 e. The fraction of sp³-hybridized carbons (Fsp3) is 0.350. The van der Waals surface area contributed by atoms with Crippen LogP contribution >= 0.6 is 0 Å². The number of amides is 1. The minimum atomic E-state index is -4.44. The maximum absolute atomic E-state index is 12.7.